The summed E-state index contributed by atoms with van der Waals surface area (Å²) in [6.45, 7) is 11.8. The number of rotatable bonds is 5. The first-order valence-corrected chi connectivity index (χ1v) is 9.85. The smallest absolute Gasteiger partial charge is 1.00 e. The zero-order valence-corrected chi connectivity index (χ0v) is 22.3. The van der Waals surface area contributed by atoms with Crippen molar-refractivity contribution in [1.82, 2.24) is 0 Å². The van der Waals surface area contributed by atoms with E-state index in [1.54, 1.807) is 0 Å². The first-order valence-electron chi connectivity index (χ1n) is 9.85. The van der Waals surface area contributed by atoms with E-state index in [0.717, 1.165) is 12.8 Å². The Morgan fingerprint density at radius 2 is 1.27 bits per heavy atom. The summed E-state index contributed by atoms with van der Waals surface area (Å²) in [5.74, 6) is 0.526. The molecule has 0 N–H and O–H groups in total. The predicted molar refractivity (Wildman–Crippen MR) is 112 cm³/mol. The van der Waals surface area contributed by atoms with Gasteiger partial charge in [0.25, 0.3) is 0 Å². The largest absolute Gasteiger partial charge is 4.00 e. The van der Waals surface area contributed by atoms with Crippen molar-refractivity contribution in [1.29, 1.82) is 0 Å². The standard InChI is InChI=1S/C26H31.3ClH.Ti/c1-6-20(2)23-18-13-19-24(23)26(25(3,4)5,21-14-9-7-10-15-21)22-16-11-8-12-17-22;;;;/h7-17,20H,6,19H2,1-5H3;3*1H;/q-1;;;;+4/p-3. The monoisotopic (exact) mass is 496 g/mol. The van der Waals surface area contributed by atoms with Gasteiger partial charge >= 0.3 is 21.7 Å². The Hall–Kier alpha value is -0.496. The van der Waals surface area contributed by atoms with Crippen molar-refractivity contribution in [3.63, 3.8) is 0 Å². The van der Waals surface area contributed by atoms with E-state index in [9.17, 15) is 0 Å². The van der Waals surface area contributed by atoms with Crippen LogP contribution in [-0.4, -0.2) is 0 Å². The Kier molecular flexibility index (Phi) is 13.9. The van der Waals surface area contributed by atoms with Gasteiger partial charge in [-0.15, -0.1) is 0 Å². The van der Waals surface area contributed by atoms with E-state index in [0.29, 0.717) is 5.92 Å². The number of allylic oxidation sites excluding steroid dienone is 4. The first kappa shape index (κ1) is 31.7. The Morgan fingerprint density at radius 1 is 0.833 bits per heavy atom. The molecule has 1 aliphatic rings. The topological polar surface area (TPSA) is 0 Å². The molecule has 4 heteroatoms. The van der Waals surface area contributed by atoms with Gasteiger partial charge in [0.1, 0.15) is 0 Å². The van der Waals surface area contributed by atoms with Crippen LogP contribution in [0.2, 0.25) is 0 Å². The molecule has 1 atom stereocenters. The van der Waals surface area contributed by atoms with Crippen LogP contribution in [-0.2, 0) is 27.1 Å². The predicted octanol–water partition coefficient (Wildman–Crippen LogP) is -1.87. The Balaban J connectivity index is 0. The average Bonchev–Trinajstić information content (AvgIpc) is 3.12. The second-order valence-corrected chi connectivity index (χ2v) is 8.49. The van der Waals surface area contributed by atoms with Gasteiger partial charge in [-0.05, 0) is 22.0 Å². The molecule has 0 saturated carbocycles. The molecule has 0 spiro atoms. The SMILES string of the molecule is CCC(C)C1=C(C(c2ccccc2)(c2ccccc2)C(C)(C)C)CC=[C-]1.[Cl-].[Cl-].[Cl-].[Ti+4]. The molecule has 0 aliphatic heterocycles. The van der Waals surface area contributed by atoms with E-state index in [2.05, 4.69) is 107 Å². The van der Waals surface area contributed by atoms with Crippen molar-refractivity contribution in [2.75, 3.05) is 0 Å². The van der Waals surface area contributed by atoms with E-state index < -0.39 is 0 Å². The second kappa shape index (κ2) is 13.1. The second-order valence-electron chi connectivity index (χ2n) is 8.49. The van der Waals surface area contributed by atoms with Crippen LogP contribution in [0.3, 0.4) is 0 Å². The maximum Gasteiger partial charge on any atom is 4.00 e. The van der Waals surface area contributed by atoms with Crippen molar-refractivity contribution in [3.8, 4) is 0 Å². The molecule has 0 heterocycles. The molecule has 0 nitrogen and oxygen atoms in total. The zero-order valence-electron chi connectivity index (χ0n) is 18.5. The van der Waals surface area contributed by atoms with Gasteiger partial charge in [-0.2, -0.15) is 11.6 Å². The van der Waals surface area contributed by atoms with Crippen molar-refractivity contribution < 1.29 is 58.9 Å². The molecule has 2 aromatic carbocycles. The summed E-state index contributed by atoms with van der Waals surface area (Å²) in [7, 11) is 0. The molecule has 0 saturated heterocycles. The van der Waals surface area contributed by atoms with Crippen LogP contribution in [0.5, 0.6) is 0 Å². The average molecular weight is 498 g/mol. The van der Waals surface area contributed by atoms with Gasteiger partial charge in [0.15, 0.2) is 0 Å². The maximum absolute atomic E-state index is 3.63. The molecular weight excluding hydrogens is 467 g/mol. The quantitative estimate of drug-likeness (QED) is 0.336. The van der Waals surface area contributed by atoms with Gasteiger partial charge in [0, 0.05) is 0 Å². The van der Waals surface area contributed by atoms with Crippen LogP contribution in [0.15, 0.2) is 77.9 Å². The minimum atomic E-state index is -0.158. The van der Waals surface area contributed by atoms with Crippen molar-refractivity contribution in [2.45, 2.75) is 52.9 Å². The normalized spacial score (nSPS) is 14.0. The van der Waals surface area contributed by atoms with Gasteiger partial charge < -0.3 is 37.2 Å². The molecule has 160 valence electrons. The molecule has 1 aliphatic carbocycles. The van der Waals surface area contributed by atoms with Crippen molar-refractivity contribution in [3.05, 3.63) is 95.1 Å². The number of hydrogen-bond donors (Lipinski definition) is 0. The zero-order chi connectivity index (χ0) is 18.8. The molecule has 2 aromatic rings. The Bertz CT molecular complexity index is 766. The molecular formula is C26H31Cl3Ti. The van der Waals surface area contributed by atoms with Crippen molar-refractivity contribution >= 4 is 0 Å². The Labute approximate surface area is 217 Å². The van der Waals surface area contributed by atoms with Crippen LogP contribution < -0.4 is 37.2 Å². The van der Waals surface area contributed by atoms with Crippen molar-refractivity contribution in [2.24, 2.45) is 11.3 Å². The third-order valence-corrected chi connectivity index (χ3v) is 5.99. The van der Waals surface area contributed by atoms with E-state index in [1.165, 1.54) is 22.3 Å². The van der Waals surface area contributed by atoms with Gasteiger partial charge in [-0.3, -0.25) is 6.08 Å². The van der Waals surface area contributed by atoms with Crippen LogP contribution in [0.4, 0.5) is 0 Å². The fourth-order valence-electron chi connectivity index (χ4n) is 4.67. The first-order chi connectivity index (χ1) is 12.4. The third kappa shape index (κ3) is 5.64. The Morgan fingerprint density at radius 3 is 1.63 bits per heavy atom. The summed E-state index contributed by atoms with van der Waals surface area (Å²) in [5.41, 5.74) is 5.57. The van der Waals surface area contributed by atoms with E-state index in [-0.39, 0.29) is 69.8 Å². The van der Waals surface area contributed by atoms with E-state index in [4.69, 9.17) is 0 Å². The number of halogens is 3. The molecule has 1 unspecified atom stereocenters. The van der Waals surface area contributed by atoms with Gasteiger partial charge in [-0.25, -0.2) is 5.57 Å². The van der Waals surface area contributed by atoms with Crippen LogP contribution in [0, 0.1) is 17.4 Å². The van der Waals surface area contributed by atoms with E-state index >= 15 is 0 Å². The summed E-state index contributed by atoms with van der Waals surface area (Å²) < 4.78 is 0. The minimum Gasteiger partial charge on any atom is -1.00 e. The van der Waals surface area contributed by atoms with Crippen LogP contribution in [0.1, 0.15) is 58.6 Å². The summed E-state index contributed by atoms with van der Waals surface area (Å²) >= 11 is 0. The summed E-state index contributed by atoms with van der Waals surface area (Å²) in [6.07, 6.45) is 8.00. The minimum absolute atomic E-state index is 0. The maximum atomic E-state index is 3.63. The van der Waals surface area contributed by atoms with Gasteiger partial charge in [0.05, 0.1) is 0 Å². The fraction of sp³-hybridized carbons (Fsp3) is 0.385. The number of hydrogen-bond acceptors (Lipinski definition) is 0. The van der Waals surface area contributed by atoms with Gasteiger partial charge in [0.2, 0.25) is 0 Å². The summed E-state index contributed by atoms with van der Waals surface area (Å²) in [4.78, 5) is 0. The summed E-state index contributed by atoms with van der Waals surface area (Å²) in [6, 6.07) is 22.1. The van der Waals surface area contributed by atoms with Crippen LogP contribution >= 0.6 is 0 Å². The third-order valence-electron chi connectivity index (χ3n) is 5.99. The van der Waals surface area contributed by atoms with Gasteiger partial charge in [-0.1, -0.05) is 114 Å². The molecule has 0 radical (unpaired) electrons. The molecule has 0 aromatic heterocycles. The summed E-state index contributed by atoms with van der Waals surface area (Å²) in [5, 5.41) is 0. The molecule has 0 amide bonds. The molecule has 0 fully saturated rings. The molecule has 3 rings (SSSR count). The van der Waals surface area contributed by atoms with Crippen LogP contribution in [0.25, 0.3) is 0 Å². The fourth-order valence-corrected chi connectivity index (χ4v) is 4.67. The van der Waals surface area contributed by atoms with E-state index in [1.807, 2.05) is 0 Å². The molecule has 0 bridgehead atoms. The molecule has 30 heavy (non-hydrogen) atoms. The number of benzene rings is 2.